The first-order valence-corrected chi connectivity index (χ1v) is 8.01. The average Bonchev–Trinajstić information content (AvgIpc) is 2.64. The maximum atomic E-state index is 3.75. The third-order valence-electron chi connectivity index (χ3n) is 4.48. The van der Waals surface area contributed by atoms with Crippen molar-refractivity contribution in [2.24, 2.45) is 0 Å². The summed E-state index contributed by atoms with van der Waals surface area (Å²) in [6, 6.07) is 7.68. The van der Waals surface area contributed by atoms with Crippen LogP contribution in [0.2, 0.25) is 0 Å². The number of benzene rings is 1. The molecule has 1 N–H and O–H groups in total. The third-order valence-corrected chi connectivity index (χ3v) is 4.48. The fourth-order valence-corrected chi connectivity index (χ4v) is 3.38. The molecule has 1 aromatic rings. The SMILES string of the molecule is CCCNC1CCCCC(c2cc(C)ccc2C)C1. The molecule has 2 atom stereocenters. The maximum absolute atomic E-state index is 3.75. The topological polar surface area (TPSA) is 12.0 Å². The molecule has 1 nitrogen and oxygen atoms in total. The van der Waals surface area contributed by atoms with Gasteiger partial charge >= 0.3 is 0 Å². The van der Waals surface area contributed by atoms with Gasteiger partial charge in [0.1, 0.15) is 0 Å². The Morgan fingerprint density at radius 1 is 1.16 bits per heavy atom. The molecule has 0 heterocycles. The molecule has 0 saturated heterocycles. The Kier molecular flexibility index (Phi) is 5.45. The molecule has 19 heavy (non-hydrogen) atoms. The van der Waals surface area contributed by atoms with Crippen LogP contribution >= 0.6 is 0 Å². The number of nitrogens with one attached hydrogen (secondary N) is 1. The molecule has 1 saturated carbocycles. The summed E-state index contributed by atoms with van der Waals surface area (Å²) in [6.07, 6.45) is 8.08. The molecule has 0 amide bonds. The first-order valence-electron chi connectivity index (χ1n) is 8.01. The molecule has 1 aliphatic rings. The van der Waals surface area contributed by atoms with Gasteiger partial charge < -0.3 is 5.32 Å². The summed E-state index contributed by atoms with van der Waals surface area (Å²) in [4.78, 5) is 0. The van der Waals surface area contributed by atoms with E-state index in [2.05, 4.69) is 44.3 Å². The van der Waals surface area contributed by atoms with Crippen LogP contribution < -0.4 is 5.32 Å². The lowest BCUT2D eigenvalue weighted by Crippen LogP contribution is -2.30. The second-order valence-electron chi connectivity index (χ2n) is 6.23. The van der Waals surface area contributed by atoms with Gasteiger partial charge in [0.05, 0.1) is 0 Å². The molecular weight excluding hydrogens is 230 g/mol. The lowest BCUT2D eigenvalue weighted by molar-refractivity contribution is 0.439. The van der Waals surface area contributed by atoms with Crippen LogP contribution in [0.3, 0.4) is 0 Å². The zero-order valence-corrected chi connectivity index (χ0v) is 12.8. The molecule has 2 rings (SSSR count). The summed E-state index contributed by atoms with van der Waals surface area (Å²) in [6.45, 7) is 7.91. The van der Waals surface area contributed by atoms with Crippen molar-refractivity contribution in [3.05, 3.63) is 34.9 Å². The average molecular weight is 259 g/mol. The van der Waals surface area contributed by atoms with Crippen LogP contribution in [0.1, 0.15) is 68.1 Å². The van der Waals surface area contributed by atoms with Crippen molar-refractivity contribution in [1.29, 1.82) is 0 Å². The Hall–Kier alpha value is -0.820. The van der Waals surface area contributed by atoms with Crippen molar-refractivity contribution in [1.82, 2.24) is 5.32 Å². The van der Waals surface area contributed by atoms with Gasteiger partial charge in [-0.2, -0.15) is 0 Å². The number of hydrogen-bond donors (Lipinski definition) is 1. The van der Waals surface area contributed by atoms with Gasteiger partial charge in [0.25, 0.3) is 0 Å². The second kappa shape index (κ2) is 7.09. The smallest absolute Gasteiger partial charge is 0.00728 e. The number of rotatable bonds is 4. The van der Waals surface area contributed by atoms with Gasteiger partial charge in [-0.3, -0.25) is 0 Å². The summed E-state index contributed by atoms with van der Waals surface area (Å²) in [5.74, 6) is 0.761. The largest absolute Gasteiger partial charge is 0.314 e. The van der Waals surface area contributed by atoms with Gasteiger partial charge in [-0.05, 0) is 63.1 Å². The Morgan fingerprint density at radius 2 is 1.95 bits per heavy atom. The molecule has 0 aliphatic heterocycles. The molecular formula is C18H29N. The zero-order chi connectivity index (χ0) is 13.7. The van der Waals surface area contributed by atoms with Crippen molar-refractivity contribution in [3.8, 4) is 0 Å². The summed E-state index contributed by atoms with van der Waals surface area (Å²) < 4.78 is 0. The summed E-state index contributed by atoms with van der Waals surface area (Å²) in [5, 5.41) is 3.75. The van der Waals surface area contributed by atoms with Gasteiger partial charge in [-0.15, -0.1) is 0 Å². The van der Waals surface area contributed by atoms with E-state index in [9.17, 15) is 0 Å². The maximum Gasteiger partial charge on any atom is 0.00728 e. The molecule has 1 aliphatic carbocycles. The molecule has 0 spiro atoms. The molecule has 1 aromatic carbocycles. The van der Waals surface area contributed by atoms with Gasteiger partial charge in [0, 0.05) is 6.04 Å². The van der Waals surface area contributed by atoms with Crippen molar-refractivity contribution >= 4 is 0 Å². The zero-order valence-electron chi connectivity index (χ0n) is 12.8. The summed E-state index contributed by atoms with van der Waals surface area (Å²) >= 11 is 0. The molecule has 1 fully saturated rings. The van der Waals surface area contributed by atoms with E-state index in [0.29, 0.717) is 0 Å². The fraction of sp³-hybridized carbons (Fsp3) is 0.667. The first-order chi connectivity index (χ1) is 9.20. The van der Waals surface area contributed by atoms with E-state index in [4.69, 9.17) is 0 Å². The van der Waals surface area contributed by atoms with E-state index in [1.54, 1.807) is 5.56 Å². The van der Waals surface area contributed by atoms with E-state index in [1.165, 1.54) is 56.2 Å². The number of aryl methyl sites for hydroxylation is 2. The van der Waals surface area contributed by atoms with Crippen molar-refractivity contribution in [3.63, 3.8) is 0 Å². The van der Waals surface area contributed by atoms with Crippen LogP contribution in [-0.4, -0.2) is 12.6 Å². The standard InChI is InChI=1S/C18H29N/c1-4-11-19-17-8-6-5-7-16(13-17)18-12-14(2)9-10-15(18)3/h9-10,12,16-17,19H,4-8,11,13H2,1-3H3. The molecule has 0 aromatic heterocycles. The Bertz CT molecular complexity index is 397. The second-order valence-corrected chi connectivity index (χ2v) is 6.23. The van der Waals surface area contributed by atoms with E-state index in [-0.39, 0.29) is 0 Å². The Morgan fingerprint density at radius 3 is 2.74 bits per heavy atom. The highest BCUT2D eigenvalue weighted by Crippen LogP contribution is 2.34. The normalized spacial score (nSPS) is 24.2. The highest BCUT2D eigenvalue weighted by atomic mass is 14.9. The summed E-state index contributed by atoms with van der Waals surface area (Å²) in [5.41, 5.74) is 4.49. The van der Waals surface area contributed by atoms with E-state index < -0.39 is 0 Å². The van der Waals surface area contributed by atoms with Gasteiger partial charge in [-0.25, -0.2) is 0 Å². The van der Waals surface area contributed by atoms with Crippen LogP contribution in [0.15, 0.2) is 18.2 Å². The van der Waals surface area contributed by atoms with Crippen LogP contribution in [0.5, 0.6) is 0 Å². The Labute approximate surface area is 118 Å². The molecule has 2 unspecified atom stereocenters. The predicted octanol–water partition coefficient (Wildman–Crippen LogP) is 4.72. The number of hydrogen-bond acceptors (Lipinski definition) is 1. The van der Waals surface area contributed by atoms with E-state index in [0.717, 1.165) is 12.0 Å². The van der Waals surface area contributed by atoms with Gasteiger partial charge in [0.2, 0.25) is 0 Å². The minimum absolute atomic E-state index is 0.729. The van der Waals surface area contributed by atoms with E-state index >= 15 is 0 Å². The Balaban J connectivity index is 2.10. The van der Waals surface area contributed by atoms with Gasteiger partial charge in [-0.1, -0.05) is 43.5 Å². The minimum Gasteiger partial charge on any atom is -0.314 e. The minimum atomic E-state index is 0.729. The third kappa shape index (κ3) is 4.07. The van der Waals surface area contributed by atoms with Crippen LogP contribution in [0.4, 0.5) is 0 Å². The highest BCUT2D eigenvalue weighted by Gasteiger charge is 2.22. The fourth-order valence-electron chi connectivity index (χ4n) is 3.38. The van der Waals surface area contributed by atoms with Gasteiger partial charge in [0.15, 0.2) is 0 Å². The lowest BCUT2D eigenvalue weighted by atomic mass is 9.86. The van der Waals surface area contributed by atoms with E-state index in [1.807, 2.05) is 0 Å². The first kappa shape index (κ1) is 14.6. The van der Waals surface area contributed by atoms with Crippen molar-refractivity contribution < 1.29 is 0 Å². The monoisotopic (exact) mass is 259 g/mol. The highest BCUT2D eigenvalue weighted by molar-refractivity contribution is 5.33. The predicted molar refractivity (Wildman–Crippen MR) is 83.8 cm³/mol. The molecule has 0 bridgehead atoms. The molecule has 106 valence electrons. The summed E-state index contributed by atoms with van der Waals surface area (Å²) in [7, 11) is 0. The van der Waals surface area contributed by atoms with Crippen LogP contribution in [-0.2, 0) is 0 Å². The van der Waals surface area contributed by atoms with Crippen LogP contribution in [0.25, 0.3) is 0 Å². The van der Waals surface area contributed by atoms with Crippen LogP contribution in [0, 0.1) is 13.8 Å². The molecule has 0 radical (unpaired) electrons. The molecule has 1 heteroatoms. The quantitative estimate of drug-likeness (QED) is 0.772. The van der Waals surface area contributed by atoms with Crippen molar-refractivity contribution in [2.45, 2.75) is 71.3 Å². The lowest BCUT2D eigenvalue weighted by Gasteiger charge is -2.23. The van der Waals surface area contributed by atoms with Crippen molar-refractivity contribution in [2.75, 3.05) is 6.54 Å².